The number of amides is 2. The Hall–Kier alpha value is -7.85. The number of cyclic esters (lactones) is 2. The Morgan fingerprint density at radius 1 is 0.688 bits per heavy atom. The zero-order chi connectivity index (χ0) is 93.2. The summed E-state index contributed by atoms with van der Waals surface area (Å²) >= 11 is 0.250. The van der Waals surface area contributed by atoms with E-state index in [0.717, 1.165) is 16.8 Å². The van der Waals surface area contributed by atoms with Crippen molar-refractivity contribution in [1.29, 1.82) is 0 Å². The number of aromatic nitrogens is 3. The number of benzene rings is 2. The minimum Gasteiger partial charge on any atom is -0.458 e. The van der Waals surface area contributed by atoms with Gasteiger partial charge in [-0.25, -0.2) is 9.59 Å². The van der Waals surface area contributed by atoms with E-state index in [0.29, 0.717) is 128 Å². The number of esters is 2. The summed E-state index contributed by atoms with van der Waals surface area (Å²) in [6, 6.07) is 12.4. The lowest BCUT2D eigenvalue weighted by Gasteiger charge is -2.46. The fraction of sp³-hybridized carbons (Fsp3) is 0.714. The molecule has 34 heteroatoms. The molecule has 6 fully saturated rings. The number of Topliss-reactive ketones (excluding diaryl/α,β-unsaturated/α-hetero) is 2. The molecule has 0 aliphatic carbocycles. The monoisotopic (exact) mass is 1770 g/mol. The van der Waals surface area contributed by atoms with Gasteiger partial charge in [-0.15, -0.1) is 24.7 Å². The molecule has 6 aliphatic rings. The molecule has 700 valence electrons. The van der Waals surface area contributed by atoms with Crippen LogP contribution >= 0.6 is 12.1 Å². The van der Waals surface area contributed by atoms with Gasteiger partial charge < -0.3 is 89.5 Å². The van der Waals surface area contributed by atoms with Crippen LogP contribution in [-0.2, 0) is 73.1 Å². The number of nitrogens with one attached hydrogen (secondary N) is 2. The first-order valence-corrected chi connectivity index (χ1v) is 45.0. The third-order valence-corrected chi connectivity index (χ3v) is 25.4. The number of rotatable bonds is 25. The third-order valence-electron chi connectivity index (χ3n) is 25.4. The van der Waals surface area contributed by atoms with Crippen LogP contribution in [0.15, 0.2) is 85.2 Å². The van der Waals surface area contributed by atoms with Crippen molar-refractivity contribution >= 4 is 59.2 Å². The highest BCUT2D eigenvalue weighted by Gasteiger charge is 2.62. The highest BCUT2D eigenvalue weighted by Crippen LogP contribution is 2.44. The van der Waals surface area contributed by atoms with E-state index < -0.39 is 143 Å². The third kappa shape index (κ3) is 27.4. The van der Waals surface area contributed by atoms with Crippen LogP contribution in [-0.4, -0.2) is 282 Å². The van der Waals surface area contributed by atoms with E-state index in [-0.39, 0.29) is 60.4 Å². The zero-order valence-electron chi connectivity index (χ0n) is 77.6. The van der Waals surface area contributed by atoms with Crippen LogP contribution in [0.4, 0.5) is 24.8 Å². The Bertz CT molecular complexity index is 4070. The van der Waals surface area contributed by atoms with Crippen molar-refractivity contribution in [3.8, 4) is 23.6 Å². The number of nitrogen functional groups attached to an aromatic ring is 2. The first kappa shape index (κ1) is 106. The normalized spacial score (nSPS) is 34.5. The quantitative estimate of drug-likeness (QED) is 0.00438. The number of likely N-dealkylation sites (N-methyl/N-ethyl adjacent to an activating group) is 2. The number of nitrogens with zero attached hydrogens (tertiary/aromatic N) is 10. The Balaban J connectivity index is 0.000000343. The largest absolute Gasteiger partial charge is 0.458 e. The number of nitrogens with two attached hydrogens (primary N) is 2. The molecule has 125 heavy (non-hydrogen) atoms. The number of carbonyl (C=O) groups excluding carboxylic acids is 6. The predicted octanol–water partition coefficient (Wildman–Crippen LogP) is 11.9. The van der Waals surface area contributed by atoms with Crippen LogP contribution < -0.4 is 22.1 Å². The number of aliphatic hydroxyl groups excluding tert-OH is 2. The van der Waals surface area contributed by atoms with E-state index in [2.05, 4.69) is 63.9 Å². The van der Waals surface area contributed by atoms with Crippen LogP contribution in [0.2, 0.25) is 0 Å². The van der Waals surface area contributed by atoms with E-state index in [1.54, 1.807) is 67.7 Å². The fourth-order valence-electron chi connectivity index (χ4n) is 18.7. The number of hydrogen-bond donors (Lipinski definition) is 6. The molecule has 2 amide bonds. The number of ketones is 2. The lowest BCUT2D eigenvalue weighted by atomic mass is 9.78. The lowest BCUT2D eigenvalue weighted by molar-refractivity contribution is -0.295. The van der Waals surface area contributed by atoms with Gasteiger partial charge in [-0.2, -0.15) is 3.89 Å². The van der Waals surface area contributed by atoms with Gasteiger partial charge in [0.15, 0.2) is 35.3 Å². The molecule has 6 unspecified atom stereocenters. The van der Waals surface area contributed by atoms with Crippen LogP contribution in [0.3, 0.4) is 0 Å². The van der Waals surface area contributed by atoms with Gasteiger partial charge in [0.25, 0.3) is 0 Å². The summed E-state index contributed by atoms with van der Waals surface area (Å²) < 4.78 is 75.0. The van der Waals surface area contributed by atoms with E-state index in [4.69, 9.17) is 70.8 Å². The number of ether oxygens (including phenoxy) is 10. The molecule has 0 spiro atoms. The molecular weight excluding hydrogens is 1630 g/mol. The van der Waals surface area contributed by atoms with Gasteiger partial charge in [0.2, 0.25) is 0 Å². The summed E-state index contributed by atoms with van der Waals surface area (Å²) in [6.07, 6.45) is 8.99. The van der Waals surface area contributed by atoms with Crippen molar-refractivity contribution in [2.75, 3.05) is 92.9 Å². The maximum Gasteiger partial charge on any atom is 0.410 e. The summed E-state index contributed by atoms with van der Waals surface area (Å²) in [5, 5.41) is 42.6. The van der Waals surface area contributed by atoms with Crippen LogP contribution in [0, 0.1) is 47.9 Å². The first-order chi connectivity index (χ1) is 59.1. The van der Waals surface area contributed by atoms with Gasteiger partial charge >= 0.3 is 24.1 Å². The Morgan fingerprint density at radius 2 is 1.10 bits per heavy atom. The number of hydrogen-bond acceptors (Lipinski definition) is 28. The van der Waals surface area contributed by atoms with Crippen LogP contribution in [0.5, 0.6) is 0 Å². The van der Waals surface area contributed by atoms with Gasteiger partial charge in [-0.3, -0.25) is 33.7 Å². The minimum atomic E-state index is -1.28. The fourth-order valence-corrected chi connectivity index (χ4v) is 18.7. The number of unbranched alkanes of at least 4 members (excludes halogenated alkanes) is 2. The summed E-state index contributed by atoms with van der Waals surface area (Å²) in [7, 11) is 10.7. The summed E-state index contributed by atoms with van der Waals surface area (Å²) in [5.74, 6) is -4.01. The van der Waals surface area contributed by atoms with E-state index in [9.17, 15) is 42.9 Å². The van der Waals surface area contributed by atoms with Crippen molar-refractivity contribution in [2.45, 2.75) is 301 Å². The Kier molecular flexibility index (Phi) is 41.6. The number of aliphatic hydroxyl groups is 2. The van der Waals surface area contributed by atoms with Crippen molar-refractivity contribution in [2.24, 2.45) is 40.6 Å². The molecular formula is C91H145FN14O18S. The maximum atomic E-state index is 14.4. The van der Waals surface area contributed by atoms with Gasteiger partial charge in [0.05, 0.1) is 53.9 Å². The molecule has 9 rings (SSSR count). The second-order valence-corrected chi connectivity index (χ2v) is 36.0. The van der Waals surface area contributed by atoms with Crippen molar-refractivity contribution in [3.05, 3.63) is 96.0 Å². The molecule has 2 aromatic carbocycles. The molecule has 26 atom stereocenters. The topological polar surface area (TPSA) is 404 Å². The summed E-state index contributed by atoms with van der Waals surface area (Å²) in [6.45, 7) is 36.3. The number of methoxy groups -OCH3 is 2. The Labute approximate surface area is 744 Å². The molecule has 1 aromatic heterocycles. The predicted molar refractivity (Wildman–Crippen MR) is 480 cm³/mol. The number of anilines is 2. The molecule has 0 radical (unpaired) electrons. The van der Waals surface area contributed by atoms with E-state index in [1.165, 1.54) is 20.1 Å². The number of azide groups is 1. The lowest BCUT2D eigenvalue weighted by Crippen LogP contribution is -2.61. The highest BCUT2D eigenvalue weighted by atomic mass is 32.2. The average Bonchev–Trinajstić information content (AvgIpc) is 1.60. The standard InChI is InChI=1S/C45H71N7O9.C37H64N6O9.C8H7N.CH3FS/c1-12-17-33-39-45(8,61-43(56)52(39)21-15-14-20-51-26-34(48-49-51)31-18-16-19-32(46)23-31)36(13-2)59-41(55)30(6)37(53)29(5)40(44(7,57-11)24-27(3)25-47-33)60-42-38(54)35(50(9)10)22-28(4)58-42;1-12-16-26-31-37(8,52-35(47)43(31)18-15-14-17-40-41-38)28(13-2)50-33(46)25(6)29(44)24(5)32(36(7,48-11)20-22(3)21-39-26)51-34-30(45)27(42(9)10)19-23(4)49-34;1-2-7-4-3-5-8(9)6-7;1-3-2/h12,16,18-19,23,26-30,33,35-36,38-40,42,47,54H,1,13-15,17,20-22,24-25,46H2,2-11H3;12,22-28,30-32,34,39,45H,1,13-21H2,2-11H3;1,3-6H,9H2;1H3/t27-,28?,29+,30-,33-,35?,36-,38?,39-,40-,42+,44-,45-;22-,23?,24+,25-,26-,27?,28-,30?,31-,32-,34+,36-,37-;;/m11../s1. The molecule has 32 nitrogen and oxygen atoms in total. The SMILES string of the molecule is C#Cc1cccc(N)c1.C=CC[C@H]1NC[C@H](C)C[C@@](C)(OC)[C@H](O[C@@H]2OC(C)CC(N(C)C)C2O)[C@@H](C)C(=O)[C@@H](C)C(=O)O[C@H](CC)[C@@]2(C)OC(=O)N(CCCCN=[N+]=[N-])[C@H]12.C=CC[C@H]1NC[C@H](C)C[C@@](C)(OC)[C@H](O[C@@H]2OC(C)CC(N(C)C)C2O)[C@@H](C)C(=O)[C@@H](C)C(=O)O[C@H](CC)[C@@]2(C)OC(=O)N(CCCCn3cc(-c4cccc(N)c4)nn3)[C@H]12.CSF. The molecule has 6 saturated heterocycles. The molecule has 8 N–H and O–H groups in total. The maximum absolute atomic E-state index is 14.4. The first-order valence-electron chi connectivity index (χ1n) is 43.9. The summed E-state index contributed by atoms with van der Waals surface area (Å²) in [4.78, 5) is 94.5. The number of fused-ring (bicyclic) bond motifs is 2. The zero-order valence-corrected chi connectivity index (χ0v) is 78.4. The molecule has 6 aliphatic heterocycles. The highest BCUT2D eigenvalue weighted by molar-refractivity contribution is 7.93. The number of aryl methyl sites for hydroxylation is 1. The minimum absolute atomic E-state index is 0.0414. The number of halogens is 1. The molecule has 3 aromatic rings. The molecule has 0 saturated carbocycles. The molecule has 7 heterocycles. The van der Waals surface area contributed by atoms with Crippen LogP contribution in [0.1, 0.15) is 180 Å². The number of carbonyl (C=O) groups is 6. The van der Waals surface area contributed by atoms with Crippen molar-refractivity contribution in [1.82, 2.24) is 45.2 Å². The van der Waals surface area contributed by atoms with Gasteiger partial charge in [-0.05, 0) is 221 Å². The van der Waals surface area contributed by atoms with Crippen molar-refractivity contribution < 1.29 is 90.2 Å². The summed E-state index contributed by atoms with van der Waals surface area (Å²) in [5.41, 5.74) is 19.2. The number of terminal acetylenes is 1. The second kappa shape index (κ2) is 49.1. The van der Waals surface area contributed by atoms with Crippen molar-refractivity contribution in [3.63, 3.8) is 0 Å². The van der Waals surface area contributed by atoms with E-state index in [1.807, 2.05) is 135 Å². The van der Waals surface area contributed by atoms with Crippen LogP contribution in [0.25, 0.3) is 21.7 Å². The van der Waals surface area contributed by atoms with Gasteiger partial charge in [-0.1, -0.05) is 88.1 Å². The molecule has 0 bridgehead atoms. The smallest absolute Gasteiger partial charge is 0.410 e. The second-order valence-electron chi connectivity index (χ2n) is 35.6. The Morgan fingerprint density at radius 3 is 1.48 bits per heavy atom. The van der Waals surface area contributed by atoms with Gasteiger partial charge in [0.1, 0.15) is 41.9 Å². The van der Waals surface area contributed by atoms with Gasteiger partial charge in [0, 0.05) is 122 Å². The van der Waals surface area contributed by atoms with E-state index >= 15 is 0 Å². The average molecular weight is 1770 g/mol.